The van der Waals surface area contributed by atoms with Crippen LogP contribution in [0.4, 0.5) is 0 Å². The summed E-state index contributed by atoms with van der Waals surface area (Å²) in [5.41, 5.74) is 3.36. The highest BCUT2D eigenvalue weighted by Gasteiger charge is 2.08. The average molecular weight is 270 g/mol. The van der Waals surface area contributed by atoms with Crippen LogP contribution in [0.5, 0.6) is 0 Å². The molecule has 0 saturated carbocycles. The summed E-state index contributed by atoms with van der Waals surface area (Å²) >= 11 is 0. The van der Waals surface area contributed by atoms with E-state index in [0.29, 0.717) is 0 Å². The Labute approximate surface area is 118 Å². The summed E-state index contributed by atoms with van der Waals surface area (Å²) in [7, 11) is 2.05. The van der Waals surface area contributed by atoms with Crippen molar-refractivity contribution in [1.29, 1.82) is 5.26 Å². The molecule has 0 bridgehead atoms. The van der Waals surface area contributed by atoms with E-state index in [1.54, 1.807) is 0 Å². The number of aryl methyl sites for hydroxylation is 2. The first kappa shape index (κ1) is 15.7. The lowest BCUT2D eigenvalue weighted by Crippen LogP contribution is -1.94. The van der Waals surface area contributed by atoms with Gasteiger partial charge in [-0.25, -0.2) is 0 Å². The third-order valence-corrected chi connectivity index (χ3v) is 3.29. The van der Waals surface area contributed by atoms with Gasteiger partial charge in [-0.15, -0.1) is 0 Å². The van der Waals surface area contributed by atoms with Gasteiger partial charge in [-0.05, 0) is 30.5 Å². The Balaban J connectivity index is 0.000000612. The first-order chi connectivity index (χ1) is 9.69. The number of nitriles is 1. The van der Waals surface area contributed by atoms with E-state index in [0.717, 1.165) is 17.4 Å². The van der Waals surface area contributed by atoms with Gasteiger partial charge < -0.3 is 4.57 Å². The molecule has 0 atom stereocenters. The second-order valence-corrected chi connectivity index (χ2v) is 4.61. The van der Waals surface area contributed by atoms with Crippen LogP contribution in [0.15, 0.2) is 24.4 Å². The maximum Gasteiger partial charge on any atom is 0.373 e. The smallest absolute Gasteiger partial charge is 0.350 e. The highest BCUT2D eigenvalue weighted by molar-refractivity contribution is 5.88. The minimum atomic E-state index is 0.250. The second-order valence-electron chi connectivity index (χ2n) is 4.61. The van der Waals surface area contributed by atoms with Gasteiger partial charge in [0.05, 0.1) is 17.1 Å². The maximum atomic E-state index is 9.09. The normalized spacial score (nSPS) is 9.45. The molecule has 0 radical (unpaired) electrons. The Kier molecular flexibility index (Phi) is 6.22. The zero-order valence-corrected chi connectivity index (χ0v) is 11.8. The average Bonchev–Trinajstić information content (AvgIpc) is 2.83. The number of nitrogens with zero attached hydrogens (tertiary/aromatic N) is 2. The van der Waals surface area contributed by atoms with Crippen LogP contribution in [0.25, 0.3) is 10.9 Å². The van der Waals surface area contributed by atoms with Crippen molar-refractivity contribution >= 4 is 17.1 Å². The molecule has 1 aromatic carbocycles. The van der Waals surface area contributed by atoms with Gasteiger partial charge in [-0.2, -0.15) is 14.9 Å². The van der Waals surface area contributed by atoms with Crippen molar-refractivity contribution in [3.8, 4) is 6.07 Å². The summed E-state index contributed by atoms with van der Waals surface area (Å²) in [6.07, 6.45) is 7.13. The van der Waals surface area contributed by atoms with Gasteiger partial charge >= 0.3 is 6.15 Å². The summed E-state index contributed by atoms with van der Waals surface area (Å²) in [4.78, 5) is 16.2. The third-order valence-electron chi connectivity index (χ3n) is 3.29. The lowest BCUT2D eigenvalue weighted by molar-refractivity contribution is -0.191. The monoisotopic (exact) mass is 270 g/mol. The van der Waals surface area contributed by atoms with E-state index in [2.05, 4.69) is 23.6 Å². The van der Waals surface area contributed by atoms with Crippen LogP contribution < -0.4 is 0 Å². The van der Waals surface area contributed by atoms with Gasteiger partial charge in [0, 0.05) is 18.6 Å². The summed E-state index contributed by atoms with van der Waals surface area (Å²) in [6.45, 7) is 2.22. The standard InChI is InChI=1S/C15H18N2.CO2/c1-3-4-5-6-12-7-8-13(11-16)14-9-10-17(2)15(12)14;2-1-3/h7-10H,3-6H2,1-2H3;. The van der Waals surface area contributed by atoms with Gasteiger partial charge in [0.15, 0.2) is 0 Å². The lowest BCUT2D eigenvalue weighted by atomic mass is 10.0. The van der Waals surface area contributed by atoms with Crippen LogP contribution in [0.2, 0.25) is 0 Å². The van der Waals surface area contributed by atoms with Gasteiger partial charge in [0.1, 0.15) is 0 Å². The Morgan fingerprint density at radius 3 is 2.50 bits per heavy atom. The topological polar surface area (TPSA) is 62.9 Å². The molecule has 0 unspecified atom stereocenters. The van der Waals surface area contributed by atoms with Gasteiger partial charge in [-0.1, -0.05) is 25.8 Å². The Morgan fingerprint density at radius 1 is 1.20 bits per heavy atom. The Bertz CT molecular complexity index is 644. The van der Waals surface area contributed by atoms with E-state index in [1.165, 1.54) is 30.3 Å². The zero-order valence-electron chi connectivity index (χ0n) is 11.8. The molecule has 2 aromatic rings. The van der Waals surface area contributed by atoms with Crippen molar-refractivity contribution in [1.82, 2.24) is 4.57 Å². The van der Waals surface area contributed by atoms with E-state index in [-0.39, 0.29) is 6.15 Å². The summed E-state index contributed by atoms with van der Waals surface area (Å²) in [5, 5.41) is 10.2. The number of carbonyl (C=O) groups excluding carboxylic acids is 2. The maximum absolute atomic E-state index is 9.09. The van der Waals surface area contributed by atoms with Crippen molar-refractivity contribution < 1.29 is 9.59 Å². The van der Waals surface area contributed by atoms with E-state index >= 15 is 0 Å². The molecule has 1 aromatic heterocycles. The quantitative estimate of drug-likeness (QED) is 0.801. The number of benzene rings is 1. The molecular weight excluding hydrogens is 252 g/mol. The van der Waals surface area contributed by atoms with Crippen molar-refractivity contribution in [3.63, 3.8) is 0 Å². The van der Waals surface area contributed by atoms with Crippen molar-refractivity contribution in [2.75, 3.05) is 0 Å². The molecule has 0 aliphatic carbocycles. The number of hydrogen-bond acceptors (Lipinski definition) is 3. The first-order valence-electron chi connectivity index (χ1n) is 6.65. The SMILES string of the molecule is CCCCCc1ccc(C#N)c2ccn(C)c12.O=C=O. The molecule has 4 heteroatoms. The summed E-state index contributed by atoms with van der Waals surface area (Å²) in [5.74, 6) is 0. The molecule has 104 valence electrons. The van der Waals surface area contributed by atoms with Crippen LogP contribution in [-0.4, -0.2) is 10.7 Å². The molecule has 0 fully saturated rings. The van der Waals surface area contributed by atoms with Crippen molar-refractivity contribution in [2.24, 2.45) is 7.05 Å². The molecule has 0 aliphatic rings. The Morgan fingerprint density at radius 2 is 1.90 bits per heavy atom. The Hall–Kier alpha value is -2.37. The first-order valence-corrected chi connectivity index (χ1v) is 6.65. The highest BCUT2D eigenvalue weighted by atomic mass is 16.2. The molecule has 0 saturated heterocycles. The van der Waals surface area contributed by atoms with Crippen LogP contribution in [0.3, 0.4) is 0 Å². The minimum Gasteiger partial charge on any atom is -0.350 e. The zero-order chi connectivity index (χ0) is 15.0. The number of unbranched alkanes of at least 4 members (excludes halogenated alkanes) is 2. The number of hydrogen-bond donors (Lipinski definition) is 0. The van der Waals surface area contributed by atoms with Crippen LogP contribution in [-0.2, 0) is 23.1 Å². The largest absolute Gasteiger partial charge is 0.373 e. The van der Waals surface area contributed by atoms with Gasteiger partial charge in [-0.3, -0.25) is 0 Å². The van der Waals surface area contributed by atoms with Crippen LogP contribution >= 0.6 is 0 Å². The molecule has 0 aliphatic heterocycles. The number of rotatable bonds is 4. The van der Waals surface area contributed by atoms with Crippen molar-refractivity contribution in [2.45, 2.75) is 32.6 Å². The van der Waals surface area contributed by atoms with Crippen molar-refractivity contribution in [3.05, 3.63) is 35.5 Å². The van der Waals surface area contributed by atoms with E-state index in [1.807, 2.05) is 25.4 Å². The highest BCUT2D eigenvalue weighted by Crippen LogP contribution is 2.24. The fourth-order valence-corrected chi connectivity index (χ4v) is 2.36. The molecule has 0 N–H and O–H groups in total. The van der Waals surface area contributed by atoms with E-state index in [4.69, 9.17) is 14.9 Å². The molecule has 4 nitrogen and oxygen atoms in total. The summed E-state index contributed by atoms with van der Waals surface area (Å²) in [6, 6.07) is 8.36. The fourth-order valence-electron chi connectivity index (χ4n) is 2.36. The summed E-state index contributed by atoms with van der Waals surface area (Å²) < 4.78 is 2.12. The van der Waals surface area contributed by atoms with Gasteiger partial charge in [0.25, 0.3) is 0 Å². The fraction of sp³-hybridized carbons (Fsp3) is 0.375. The number of fused-ring (bicyclic) bond motifs is 1. The molecule has 1 heterocycles. The van der Waals surface area contributed by atoms with E-state index < -0.39 is 0 Å². The second kappa shape index (κ2) is 7.93. The van der Waals surface area contributed by atoms with E-state index in [9.17, 15) is 0 Å². The molecular formula is C16H18N2O2. The lowest BCUT2D eigenvalue weighted by Gasteiger charge is -2.07. The molecule has 20 heavy (non-hydrogen) atoms. The van der Waals surface area contributed by atoms with Crippen LogP contribution in [0.1, 0.15) is 37.3 Å². The third kappa shape index (κ3) is 3.57. The van der Waals surface area contributed by atoms with Gasteiger partial charge in [0.2, 0.25) is 0 Å². The number of aromatic nitrogens is 1. The predicted molar refractivity (Wildman–Crippen MR) is 75.9 cm³/mol. The minimum absolute atomic E-state index is 0.250. The molecule has 0 spiro atoms. The molecule has 2 rings (SSSR count). The predicted octanol–water partition coefficient (Wildman–Crippen LogP) is 3.20. The van der Waals surface area contributed by atoms with Crippen LogP contribution in [0, 0.1) is 11.3 Å². The molecule has 0 amide bonds.